The fourth-order valence-corrected chi connectivity index (χ4v) is 5.59. The molecule has 5 rings (SSSR count). The molecule has 1 N–H and O–H groups in total. The van der Waals surface area contributed by atoms with Crippen molar-refractivity contribution in [3.8, 4) is 0 Å². The van der Waals surface area contributed by atoms with Gasteiger partial charge in [-0.1, -0.05) is 42.7 Å². The van der Waals surface area contributed by atoms with Crippen LogP contribution in [0.2, 0.25) is 0 Å². The van der Waals surface area contributed by atoms with Gasteiger partial charge in [0.1, 0.15) is 0 Å². The molecule has 3 nitrogen and oxygen atoms in total. The molecule has 0 spiro atoms. The van der Waals surface area contributed by atoms with Gasteiger partial charge in [-0.3, -0.25) is 4.79 Å². The van der Waals surface area contributed by atoms with Crippen molar-refractivity contribution in [1.82, 2.24) is 4.90 Å². The molecule has 0 radical (unpaired) electrons. The first-order valence-corrected chi connectivity index (χ1v) is 10.1. The molecule has 3 aliphatic carbocycles. The van der Waals surface area contributed by atoms with Gasteiger partial charge < -0.3 is 10.0 Å². The predicted molar refractivity (Wildman–Crippen MR) is 99.2 cm³/mol. The number of nitrogens with zero attached hydrogens (tertiary/aromatic N) is 1. The first kappa shape index (κ1) is 17.1. The number of aliphatic hydroxyl groups is 1. The maximum Gasteiger partial charge on any atom is 0.223 e. The number of hydrogen-bond acceptors (Lipinski definition) is 2. The summed E-state index contributed by atoms with van der Waals surface area (Å²) in [7, 11) is 0. The maximum absolute atomic E-state index is 12.7. The van der Waals surface area contributed by atoms with Crippen LogP contribution >= 0.6 is 0 Å². The van der Waals surface area contributed by atoms with E-state index in [0.717, 1.165) is 51.5 Å². The minimum absolute atomic E-state index is 0.267. The highest BCUT2D eigenvalue weighted by molar-refractivity contribution is 5.77. The van der Waals surface area contributed by atoms with Gasteiger partial charge in [0, 0.05) is 13.0 Å². The van der Waals surface area contributed by atoms with E-state index in [0.29, 0.717) is 17.7 Å². The van der Waals surface area contributed by atoms with E-state index in [4.69, 9.17) is 0 Å². The van der Waals surface area contributed by atoms with Gasteiger partial charge in [0.05, 0.1) is 11.6 Å². The zero-order chi connectivity index (χ0) is 17.5. The Kier molecular flexibility index (Phi) is 4.39. The minimum Gasteiger partial charge on any atom is -0.390 e. The van der Waals surface area contributed by atoms with Gasteiger partial charge in [0.2, 0.25) is 5.91 Å². The molecule has 1 unspecified atom stereocenters. The van der Waals surface area contributed by atoms with E-state index in [-0.39, 0.29) is 11.6 Å². The lowest BCUT2D eigenvalue weighted by Gasteiger charge is -2.68. The van der Waals surface area contributed by atoms with Gasteiger partial charge in [0.25, 0.3) is 0 Å². The molecule has 1 aliphatic heterocycles. The normalized spacial score (nSPS) is 33.0. The van der Waals surface area contributed by atoms with Crippen molar-refractivity contribution in [1.29, 1.82) is 0 Å². The minimum atomic E-state index is -0.267. The third kappa shape index (κ3) is 3.36. The van der Waals surface area contributed by atoms with E-state index in [1.54, 1.807) is 0 Å². The maximum atomic E-state index is 12.7. The van der Waals surface area contributed by atoms with Crippen LogP contribution in [-0.2, 0) is 4.79 Å². The van der Waals surface area contributed by atoms with Gasteiger partial charge in [-0.05, 0) is 62.8 Å². The van der Waals surface area contributed by atoms with Gasteiger partial charge in [-0.2, -0.15) is 0 Å². The molecular formula is C22H31NO2. The van der Waals surface area contributed by atoms with E-state index in [1.807, 2.05) is 0 Å². The zero-order valence-corrected chi connectivity index (χ0v) is 15.5. The van der Waals surface area contributed by atoms with Gasteiger partial charge >= 0.3 is 0 Å². The van der Waals surface area contributed by atoms with Crippen LogP contribution in [0.3, 0.4) is 0 Å². The first-order valence-electron chi connectivity index (χ1n) is 10.1. The fraction of sp³-hybridized carbons (Fsp3) is 0.682. The summed E-state index contributed by atoms with van der Waals surface area (Å²) >= 11 is 0. The van der Waals surface area contributed by atoms with Crippen molar-refractivity contribution in [3.63, 3.8) is 0 Å². The molecule has 4 fully saturated rings. The van der Waals surface area contributed by atoms with Crippen molar-refractivity contribution in [2.75, 3.05) is 6.54 Å². The summed E-state index contributed by atoms with van der Waals surface area (Å²) in [5.41, 5.74) is 2.79. The summed E-state index contributed by atoms with van der Waals surface area (Å²) in [5, 5.41) is 9.83. The van der Waals surface area contributed by atoms with E-state index in [2.05, 4.69) is 36.1 Å². The summed E-state index contributed by atoms with van der Waals surface area (Å²) in [5.74, 6) is 0.337. The Morgan fingerprint density at radius 1 is 1.24 bits per heavy atom. The summed E-state index contributed by atoms with van der Waals surface area (Å²) < 4.78 is 0. The molecule has 25 heavy (non-hydrogen) atoms. The van der Waals surface area contributed by atoms with E-state index >= 15 is 0 Å². The van der Waals surface area contributed by atoms with Crippen LogP contribution in [0.4, 0.5) is 0 Å². The molecule has 1 atom stereocenters. The monoisotopic (exact) mass is 341 g/mol. The molecule has 2 bridgehead atoms. The Hall–Kier alpha value is -1.35. The lowest BCUT2D eigenvalue weighted by Crippen LogP contribution is -2.66. The Morgan fingerprint density at radius 3 is 2.76 bits per heavy atom. The van der Waals surface area contributed by atoms with Crippen LogP contribution in [0.1, 0.15) is 81.4 Å². The highest BCUT2D eigenvalue weighted by Gasteiger charge is 2.66. The molecule has 136 valence electrons. The lowest BCUT2D eigenvalue weighted by molar-refractivity contribution is -0.262. The average Bonchev–Trinajstić information content (AvgIpc) is 3.01. The summed E-state index contributed by atoms with van der Waals surface area (Å²) in [6, 6.07) is 8.91. The topological polar surface area (TPSA) is 40.5 Å². The fourth-order valence-electron chi connectivity index (χ4n) is 5.59. The Morgan fingerprint density at radius 2 is 2.04 bits per heavy atom. The number of carbonyl (C=O) groups is 1. The number of carbonyl (C=O) groups excluding carboxylic acids is 1. The summed E-state index contributed by atoms with van der Waals surface area (Å²) in [4.78, 5) is 14.8. The molecule has 1 aromatic carbocycles. The molecule has 0 aromatic heterocycles. The quantitative estimate of drug-likeness (QED) is 0.741. The number of hydrogen-bond donors (Lipinski definition) is 1. The number of likely N-dealkylation sites (tertiary alicyclic amines) is 1. The van der Waals surface area contributed by atoms with Crippen molar-refractivity contribution in [2.45, 2.75) is 82.8 Å². The molecule has 3 heteroatoms. The van der Waals surface area contributed by atoms with Gasteiger partial charge in [-0.15, -0.1) is 0 Å². The Bertz CT molecular complexity index is 633. The molecule has 1 aromatic rings. The number of rotatable bonds is 7. The molecule has 1 amide bonds. The van der Waals surface area contributed by atoms with Crippen LogP contribution < -0.4 is 0 Å². The van der Waals surface area contributed by atoms with Crippen molar-refractivity contribution in [3.05, 3.63) is 35.4 Å². The summed E-state index contributed by atoms with van der Waals surface area (Å²) in [6.45, 7) is 3.04. The highest BCUT2D eigenvalue weighted by atomic mass is 16.3. The smallest absolute Gasteiger partial charge is 0.223 e. The number of unbranched alkanes of at least 4 members (excludes halogenated alkanes) is 2. The number of aryl methyl sites for hydroxylation is 1. The first-order chi connectivity index (χ1) is 12.0. The van der Waals surface area contributed by atoms with Crippen molar-refractivity contribution < 1.29 is 9.90 Å². The molecule has 1 heterocycles. The largest absolute Gasteiger partial charge is 0.390 e. The second-order valence-corrected chi connectivity index (χ2v) is 8.97. The van der Waals surface area contributed by atoms with E-state index in [1.165, 1.54) is 24.0 Å². The van der Waals surface area contributed by atoms with Crippen LogP contribution in [0, 0.1) is 12.3 Å². The SMILES string of the molecule is Cc1cccc(C2CCCN2C(=O)CCCCCC23CC(O)(C2)C3)c1. The Balaban J connectivity index is 1.21. The van der Waals surface area contributed by atoms with E-state index in [9.17, 15) is 9.90 Å². The third-order valence-electron chi connectivity index (χ3n) is 6.71. The Labute approximate surface area is 151 Å². The van der Waals surface area contributed by atoms with Crippen LogP contribution in [0.25, 0.3) is 0 Å². The van der Waals surface area contributed by atoms with Crippen LogP contribution in [0.5, 0.6) is 0 Å². The van der Waals surface area contributed by atoms with Gasteiger partial charge in [-0.25, -0.2) is 0 Å². The average molecular weight is 341 g/mol. The van der Waals surface area contributed by atoms with Crippen LogP contribution in [-0.4, -0.2) is 28.1 Å². The number of benzene rings is 1. The molecule has 1 saturated heterocycles. The standard InChI is InChI=1S/C22H31NO2/c1-17-7-5-8-18(13-17)19-9-6-12-23(19)20(24)10-3-2-4-11-21-14-22(25,15-21)16-21/h5,7-8,13,19,25H,2-4,6,9-12,14-16H2,1H3. The van der Waals surface area contributed by atoms with Crippen molar-refractivity contribution in [2.24, 2.45) is 5.41 Å². The molecule has 3 saturated carbocycles. The van der Waals surface area contributed by atoms with Gasteiger partial charge in [0.15, 0.2) is 0 Å². The zero-order valence-electron chi connectivity index (χ0n) is 15.5. The number of amides is 1. The second-order valence-electron chi connectivity index (χ2n) is 8.97. The summed E-state index contributed by atoms with van der Waals surface area (Å²) in [6.07, 6.45) is 10.6. The molecular weight excluding hydrogens is 310 g/mol. The predicted octanol–water partition coefficient (Wildman–Crippen LogP) is 4.52. The lowest BCUT2D eigenvalue weighted by atomic mass is 9.40. The highest BCUT2D eigenvalue weighted by Crippen LogP contribution is 2.69. The van der Waals surface area contributed by atoms with Crippen LogP contribution in [0.15, 0.2) is 24.3 Å². The third-order valence-corrected chi connectivity index (χ3v) is 6.71. The second kappa shape index (κ2) is 6.42. The molecule has 4 aliphatic rings. The van der Waals surface area contributed by atoms with E-state index < -0.39 is 0 Å². The van der Waals surface area contributed by atoms with Crippen molar-refractivity contribution >= 4 is 5.91 Å².